The Hall–Kier alpha value is -2.79. The van der Waals surface area contributed by atoms with Crippen LogP contribution in [0.2, 0.25) is 0 Å². The molecule has 1 aromatic heterocycles. The number of H-pyrrole nitrogens is 1. The Morgan fingerprint density at radius 3 is 2.65 bits per heavy atom. The fourth-order valence-electron chi connectivity index (χ4n) is 3.56. The lowest BCUT2D eigenvalue weighted by Gasteiger charge is -2.26. The van der Waals surface area contributed by atoms with E-state index in [1.54, 1.807) is 11.8 Å². The molecule has 0 spiro atoms. The molecule has 0 saturated heterocycles. The maximum Gasteiger partial charge on any atom is 0.271 e. The van der Waals surface area contributed by atoms with Gasteiger partial charge in [-0.15, -0.1) is 0 Å². The maximum atomic E-state index is 12.8. The zero-order valence-electron chi connectivity index (χ0n) is 14.9. The van der Waals surface area contributed by atoms with Crippen LogP contribution in [0.15, 0.2) is 59.4 Å². The van der Waals surface area contributed by atoms with Crippen molar-refractivity contribution in [3.8, 4) is 5.75 Å². The molecule has 0 aliphatic carbocycles. The second-order valence-corrected chi connectivity index (χ2v) is 6.76. The summed E-state index contributed by atoms with van der Waals surface area (Å²) in [6.07, 6.45) is 0.871. The first-order chi connectivity index (χ1) is 12.7. The maximum absolute atomic E-state index is 12.8. The second-order valence-electron chi connectivity index (χ2n) is 6.76. The van der Waals surface area contributed by atoms with Crippen LogP contribution >= 0.6 is 0 Å². The summed E-state index contributed by atoms with van der Waals surface area (Å²) in [4.78, 5) is 15.1. The number of hydrogen-bond donors (Lipinski definition) is 1. The molecule has 4 rings (SSSR count). The molecular weight excluding hydrogens is 326 g/mol. The summed E-state index contributed by atoms with van der Waals surface area (Å²) in [5.41, 5.74) is 4.40. The van der Waals surface area contributed by atoms with Crippen LogP contribution in [0.5, 0.6) is 5.75 Å². The van der Waals surface area contributed by atoms with Gasteiger partial charge in [0, 0.05) is 31.7 Å². The number of fused-ring (bicyclic) bond motifs is 1. The Morgan fingerprint density at radius 2 is 1.85 bits per heavy atom. The van der Waals surface area contributed by atoms with E-state index >= 15 is 0 Å². The molecular formula is C21H23N3O2. The van der Waals surface area contributed by atoms with Gasteiger partial charge in [-0.05, 0) is 23.3 Å². The van der Waals surface area contributed by atoms with E-state index in [0.717, 1.165) is 42.1 Å². The van der Waals surface area contributed by atoms with Gasteiger partial charge >= 0.3 is 0 Å². The average Bonchev–Trinajstić information content (AvgIpc) is 2.98. The third-order valence-corrected chi connectivity index (χ3v) is 4.92. The summed E-state index contributed by atoms with van der Waals surface area (Å²) in [5, 5.41) is 3.31. The topological polar surface area (TPSA) is 50.3 Å². The first kappa shape index (κ1) is 16.7. The van der Waals surface area contributed by atoms with E-state index < -0.39 is 0 Å². The highest BCUT2D eigenvalue weighted by atomic mass is 16.5. The predicted molar refractivity (Wildman–Crippen MR) is 101 cm³/mol. The molecule has 3 aromatic rings. The van der Waals surface area contributed by atoms with Crippen molar-refractivity contribution in [1.29, 1.82) is 0 Å². The van der Waals surface area contributed by atoms with E-state index in [4.69, 9.17) is 4.74 Å². The number of benzene rings is 2. The second kappa shape index (κ2) is 7.22. The van der Waals surface area contributed by atoms with Gasteiger partial charge in [0.1, 0.15) is 5.75 Å². The van der Waals surface area contributed by atoms with Crippen LogP contribution in [0, 0.1) is 0 Å². The van der Waals surface area contributed by atoms with Gasteiger partial charge < -0.3 is 4.74 Å². The first-order valence-corrected chi connectivity index (χ1v) is 8.92. The molecule has 5 nitrogen and oxygen atoms in total. The van der Waals surface area contributed by atoms with Crippen molar-refractivity contribution in [1.82, 2.24) is 14.7 Å². The number of nitrogens with zero attached hydrogens (tertiary/aromatic N) is 2. The quantitative estimate of drug-likeness (QED) is 0.771. The number of ether oxygens (including phenoxy) is 1. The van der Waals surface area contributed by atoms with Crippen molar-refractivity contribution in [2.24, 2.45) is 0 Å². The van der Waals surface area contributed by atoms with Crippen molar-refractivity contribution in [3.63, 3.8) is 0 Å². The lowest BCUT2D eigenvalue weighted by atomic mass is 10.1. The summed E-state index contributed by atoms with van der Waals surface area (Å²) in [6.45, 7) is 3.03. The van der Waals surface area contributed by atoms with Gasteiger partial charge in [0.05, 0.1) is 19.2 Å². The van der Waals surface area contributed by atoms with Crippen molar-refractivity contribution in [3.05, 3.63) is 87.3 Å². The summed E-state index contributed by atoms with van der Waals surface area (Å²) in [5.74, 6) is 0.868. The molecule has 0 unspecified atom stereocenters. The van der Waals surface area contributed by atoms with Crippen LogP contribution in [-0.4, -0.2) is 28.3 Å². The van der Waals surface area contributed by atoms with Crippen LogP contribution in [0.25, 0.3) is 0 Å². The highest BCUT2D eigenvalue weighted by Crippen LogP contribution is 2.19. The number of methoxy groups -OCH3 is 1. The zero-order valence-corrected chi connectivity index (χ0v) is 14.9. The van der Waals surface area contributed by atoms with Crippen molar-refractivity contribution < 1.29 is 4.74 Å². The number of nitrogens with one attached hydrogen (secondary N) is 1. The van der Waals surface area contributed by atoms with Gasteiger partial charge in [-0.3, -0.25) is 14.8 Å². The molecule has 2 heterocycles. The molecule has 26 heavy (non-hydrogen) atoms. The number of rotatable bonds is 5. The average molecular weight is 349 g/mol. The highest BCUT2D eigenvalue weighted by molar-refractivity contribution is 5.29. The standard InChI is InChI=1S/C21H23N3O2/c1-26-18-9-5-8-17(12-18)13-23-11-10-20-19(15-23)21(25)24(22-20)14-16-6-3-2-4-7-16/h2-9,12,22H,10-11,13-15H2,1H3. The van der Waals surface area contributed by atoms with Gasteiger partial charge in [-0.1, -0.05) is 42.5 Å². The van der Waals surface area contributed by atoms with E-state index in [1.165, 1.54) is 5.56 Å². The van der Waals surface area contributed by atoms with E-state index in [9.17, 15) is 4.79 Å². The fourth-order valence-corrected chi connectivity index (χ4v) is 3.56. The molecule has 0 fully saturated rings. The normalized spacial score (nSPS) is 14.2. The monoisotopic (exact) mass is 349 g/mol. The third-order valence-electron chi connectivity index (χ3n) is 4.92. The Labute approximate surface area is 152 Å². The van der Waals surface area contributed by atoms with Gasteiger partial charge in [-0.25, -0.2) is 4.68 Å². The molecule has 1 aliphatic heterocycles. The van der Waals surface area contributed by atoms with Crippen molar-refractivity contribution in [2.75, 3.05) is 13.7 Å². The largest absolute Gasteiger partial charge is 0.497 e. The minimum Gasteiger partial charge on any atom is -0.497 e. The zero-order chi connectivity index (χ0) is 17.9. The fraction of sp³-hybridized carbons (Fsp3) is 0.286. The number of hydrogen-bond acceptors (Lipinski definition) is 3. The van der Waals surface area contributed by atoms with Gasteiger partial charge in [0.25, 0.3) is 5.56 Å². The molecule has 0 radical (unpaired) electrons. The molecule has 134 valence electrons. The first-order valence-electron chi connectivity index (χ1n) is 8.92. The minimum absolute atomic E-state index is 0.0965. The molecule has 1 N–H and O–H groups in total. The Balaban J connectivity index is 1.50. The Bertz CT molecular complexity index is 943. The van der Waals surface area contributed by atoms with Crippen LogP contribution in [0.1, 0.15) is 22.4 Å². The number of aromatic amines is 1. The molecule has 0 saturated carbocycles. The summed E-state index contributed by atoms with van der Waals surface area (Å²) in [7, 11) is 1.68. The van der Waals surface area contributed by atoms with Crippen molar-refractivity contribution in [2.45, 2.75) is 26.1 Å². The van der Waals surface area contributed by atoms with Crippen molar-refractivity contribution >= 4 is 0 Å². The molecule has 2 aromatic carbocycles. The van der Waals surface area contributed by atoms with E-state index in [0.29, 0.717) is 13.1 Å². The number of aromatic nitrogens is 2. The van der Waals surface area contributed by atoms with E-state index in [1.807, 2.05) is 42.5 Å². The van der Waals surface area contributed by atoms with Gasteiger partial charge in [-0.2, -0.15) is 0 Å². The van der Waals surface area contributed by atoms with Gasteiger partial charge in [0.15, 0.2) is 0 Å². The summed E-state index contributed by atoms with van der Waals surface area (Å²) >= 11 is 0. The van der Waals surface area contributed by atoms with Gasteiger partial charge in [0.2, 0.25) is 0 Å². The van der Waals surface area contributed by atoms with E-state index in [-0.39, 0.29) is 5.56 Å². The van der Waals surface area contributed by atoms with Crippen LogP contribution in [0.3, 0.4) is 0 Å². The van der Waals surface area contributed by atoms with Crippen LogP contribution in [0.4, 0.5) is 0 Å². The molecule has 5 heteroatoms. The molecule has 1 aliphatic rings. The smallest absolute Gasteiger partial charge is 0.271 e. The molecule has 0 bridgehead atoms. The molecule has 0 amide bonds. The predicted octanol–water partition coefficient (Wildman–Crippen LogP) is 2.79. The van der Waals surface area contributed by atoms with Crippen LogP contribution in [-0.2, 0) is 26.1 Å². The lowest BCUT2D eigenvalue weighted by Crippen LogP contribution is -2.32. The van der Waals surface area contributed by atoms with Crippen LogP contribution < -0.4 is 10.3 Å². The third kappa shape index (κ3) is 3.44. The minimum atomic E-state index is 0.0965. The Kier molecular flexibility index (Phi) is 4.63. The lowest BCUT2D eigenvalue weighted by molar-refractivity contribution is 0.243. The molecule has 0 atom stereocenters. The SMILES string of the molecule is COc1cccc(CN2CCc3[nH]n(Cc4ccccc4)c(=O)c3C2)c1. The van der Waals surface area contributed by atoms with E-state index in [2.05, 4.69) is 22.1 Å². The summed E-state index contributed by atoms with van der Waals surface area (Å²) in [6, 6.07) is 18.2. The highest BCUT2D eigenvalue weighted by Gasteiger charge is 2.22. The summed E-state index contributed by atoms with van der Waals surface area (Å²) < 4.78 is 7.03. The Morgan fingerprint density at radius 1 is 1.04 bits per heavy atom.